The standard InChI is InChI=1S/C19H28O3/c20-19-14-7-10-16(19)12-15-6-2-4-9-18(15,22-19)21-17(16)8-3-1-5-13(17)11-14/h13-15,20H,1-12H2/t13-,14-,15-,16-,17+,18+,19+/m1/s1. The van der Waals surface area contributed by atoms with E-state index in [-0.39, 0.29) is 11.0 Å². The van der Waals surface area contributed by atoms with E-state index in [1.54, 1.807) is 0 Å². The molecule has 7 fully saturated rings. The number of hydrogen-bond acceptors (Lipinski definition) is 3. The van der Waals surface area contributed by atoms with Crippen LogP contribution in [0.3, 0.4) is 0 Å². The van der Waals surface area contributed by atoms with Crippen molar-refractivity contribution < 1.29 is 14.6 Å². The predicted molar refractivity (Wildman–Crippen MR) is 80.9 cm³/mol. The summed E-state index contributed by atoms with van der Waals surface area (Å²) in [4.78, 5) is 0. The van der Waals surface area contributed by atoms with Crippen molar-refractivity contribution >= 4 is 0 Å². The Morgan fingerprint density at radius 1 is 0.773 bits per heavy atom. The van der Waals surface area contributed by atoms with Gasteiger partial charge in [-0.3, -0.25) is 0 Å². The highest BCUT2D eigenvalue weighted by Gasteiger charge is 2.84. The maximum Gasteiger partial charge on any atom is 0.180 e. The molecule has 3 aliphatic heterocycles. The first-order valence-electron chi connectivity index (χ1n) is 9.77. The van der Waals surface area contributed by atoms with Crippen LogP contribution in [0.15, 0.2) is 0 Å². The Morgan fingerprint density at radius 2 is 1.59 bits per heavy atom. The molecule has 3 spiro atoms. The first-order valence-corrected chi connectivity index (χ1v) is 9.77. The largest absolute Gasteiger partial charge is 0.365 e. The van der Waals surface area contributed by atoms with Crippen LogP contribution < -0.4 is 0 Å². The van der Waals surface area contributed by atoms with Gasteiger partial charge in [0.15, 0.2) is 11.6 Å². The summed E-state index contributed by atoms with van der Waals surface area (Å²) in [7, 11) is 0. The molecule has 0 aromatic heterocycles. The monoisotopic (exact) mass is 304 g/mol. The van der Waals surface area contributed by atoms with E-state index in [2.05, 4.69) is 0 Å². The Hall–Kier alpha value is -0.120. The lowest BCUT2D eigenvalue weighted by Crippen LogP contribution is -2.82. The summed E-state index contributed by atoms with van der Waals surface area (Å²) >= 11 is 0. The molecule has 0 aromatic carbocycles. The molecule has 3 heteroatoms. The molecule has 5 bridgehead atoms. The Morgan fingerprint density at radius 3 is 2.50 bits per heavy atom. The summed E-state index contributed by atoms with van der Waals surface area (Å²) in [6.45, 7) is 0. The first kappa shape index (κ1) is 13.2. The fourth-order valence-corrected chi connectivity index (χ4v) is 8.04. The molecular weight excluding hydrogens is 276 g/mol. The van der Waals surface area contributed by atoms with Crippen LogP contribution in [0.5, 0.6) is 0 Å². The molecule has 0 unspecified atom stereocenters. The van der Waals surface area contributed by atoms with Gasteiger partial charge >= 0.3 is 0 Å². The van der Waals surface area contributed by atoms with Crippen LogP contribution in [-0.4, -0.2) is 22.3 Å². The van der Waals surface area contributed by atoms with Crippen molar-refractivity contribution in [3.05, 3.63) is 0 Å². The van der Waals surface area contributed by atoms with Crippen molar-refractivity contribution in [3.8, 4) is 0 Å². The van der Waals surface area contributed by atoms with Crippen molar-refractivity contribution in [1.82, 2.24) is 0 Å². The number of hydrogen-bond donors (Lipinski definition) is 1. The van der Waals surface area contributed by atoms with Gasteiger partial charge in [-0.2, -0.15) is 0 Å². The molecule has 0 amide bonds. The van der Waals surface area contributed by atoms with E-state index in [9.17, 15) is 5.11 Å². The molecule has 3 nitrogen and oxygen atoms in total. The maximum absolute atomic E-state index is 11.7. The second-order valence-corrected chi connectivity index (χ2v) is 9.24. The quantitative estimate of drug-likeness (QED) is 0.741. The Bertz CT molecular complexity index is 535. The highest BCUT2D eigenvalue weighted by Crippen LogP contribution is 2.78. The Balaban J connectivity index is 1.58. The number of rotatable bonds is 0. The molecule has 1 N–H and O–H groups in total. The molecule has 3 heterocycles. The zero-order chi connectivity index (χ0) is 14.6. The van der Waals surface area contributed by atoms with E-state index in [1.807, 2.05) is 0 Å². The fourth-order valence-electron chi connectivity index (χ4n) is 8.04. The molecule has 7 aliphatic rings. The summed E-state index contributed by atoms with van der Waals surface area (Å²) in [5.41, 5.74) is -0.142. The molecule has 0 radical (unpaired) electrons. The fraction of sp³-hybridized carbons (Fsp3) is 1.00. The molecule has 0 aromatic rings. The van der Waals surface area contributed by atoms with Gasteiger partial charge in [-0.1, -0.05) is 19.3 Å². The van der Waals surface area contributed by atoms with Crippen LogP contribution in [0.4, 0.5) is 0 Å². The van der Waals surface area contributed by atoms with Gasteiger partial charge < -0.3 is 14.6 Å². The third-order valence-electron chi connectivity index (χ3n) is 8.78. The van der Waals surface area contributed by atoms with E-state index in [0.717, 1.165) is 25.7 Å². The van der Waals surface area contributed by atoms with Gasteiger partial charge in [-0.25, -0.2) is 0 Å². The lowest BCUT2D eigenvalue weighted by atomic mass is 9.46. The zero-order valence-electron chi connectivity index (χ0n) is 13.5. The van der Waals surface area contributed by atoms with E-state index >= 15 is 0 Å². The van der Waals surface area contributed by atoms with E-state index in [4.69, 9.17) is 9.47 Å². The van der Waals surface area contributed by atoms with Crippen molar-refractivity contribution in [2.24, 2.45) is 23.2 Å². The minimum atomic E-state index is -0.868. The van der Waals surface area contributed by atoms with Gasteiger partial charge in [0, 0.05) is 18.3 Å². The summed E-state index contributed by atoms with van der Waals surface area (Å²) < 4.78 is 13.6. The normalized spacial score (nSPS) is 65.0. The number of ether oxygens (including phenoxy) is 2. The third kappa shape index (κ3) is 1.14. The summed E-state index contributed by atoms with van der Waals surface area (Å²) in [5, 5.41) is 11.7. The molecule has 4 saturated carbocycles. The smallest absolute Gasteiger partial charge is 0.180 e. The second kappa shape index (κ2) is 3.75. The van der Waals surface area contributed by atoms with Gasteiger partial charge in [0.05, 0.1) is 11.0 Å². The summed E-state index contributed by atoms with van der Waals surface area (Å²) in [6, 6.07) is 0. The molecule has 22 heavy (non-hydrogen) atoms. The second-order valence-electron chi connectivity index (χ2n) is 9.24. The number of aliphatic hydroxyl groups is 1. The Labute approximate surface area is 132 Å². The minimum absolute atomic E-state index is 0.0565. The SMILES string of the molecule is O[C@@]12O[C@@]34CCCC[C@@H]3C[C@@]13CC[C@@H]2C[C@H]1CCCC[C@]13O4. The average molecular weight is 304 g/mol. The van der Waals surface area contributed by atoms with Gasteiger partial charge in [0.1, 0.15) is 0 Å². The molecule has 122 valence electrons. The van der Waals surface area contributed by atoms with Crippen molar-refractivity contribution in [2.45, 2.75) is 94.2 Å². The van der Waals surface area contributed by atoms with E-state index in [1.165, 1.54) is 51.4 Å². The zero-order valence-corrected chi connectivity index (χ0v) is 13.5. The molecule has 7 atom stereocenters. The van der Waals surface area contributed by atoms with Crippen LogP contribution in [0.2, 0.25) is 0 Å². The maximum atomic E-state index is 11.7. The van der Waals surface area contributed by atoms with Crippen LogP contribution in [0, 0.1) is 23.2 Å². The van der Waals surface area contributed by atoms with E-state index in [0.29, 0.717) is 17.8 Å². The van der Waals surface area contributed by atoms with Gasteiger partial charge in [-0.05, 0) is 57.3 Å². The van der Waals surface area contributed by atoms with Crippen LogP contribution in [-0.2, 0) is 9.47 Å². The average Bonchev–Trinajstić information content (AvgIpc) is 2.70. The topological polar surface area (TPSA) is 38.7 Å². The van der Waals surface area contributed by atoms with Crippen LogP contribution >= 0.6 is 0 Å². The van der Waals surface area contributed by atoms with Gasteiger partial charge in [0.25, 0.3) is 0 Å². The van der Waals surface area contributed by atoms with Gasteiger partial charge in [0.2, 0.25) is 0 Å². The van der Waals surface area contributed by atoms with Crippen molar-refractivity contribution in [2.75, 3.05) is 0 Å². The van der Waals surface area contributed by atoms with E-state index < -0.39 is 11.6 Å². The highest BCUT2D eigenvalue weighted by molar-refractivity contribution is 5.27. The molecule has 4 aliphatic carbocycles. The lowest BCUT2D eigenvalue weighted by molar-refractivity contribution is -0.548. The summed E-state index contributed by atoms with van der Waals surface area (Å²) in [5.74, 6) is 0.275. The highest BCUT2D eigenvalue weighted by atomic mass is 16.8. The van der Waals surface area contributed by atoms with Crippen LogP contribution in [0.1, 0.15) is 77.0 Å². The van der Waals surface area contributed by atoms with Crippen molar-refractivity contribution in [3.63, 3.8) is 0 Å². The van der Waals surface area contributed by atoms with Crippen LogP contribution in [0.25, 0.3) is 0 Å². The van der Waals surface area contributed by atoms with Gasteiger partial charge in [-0.15, -0.1) is 0 Å². The summed E-state index contributed by atoms with van der Waals surface area (Å²) in [6.07, 6.45) is 14.5. The Kier molecular flexibility index (Phi) is 2.25. The first-order chi connectivity index (χ1) is 10.6. The molecular formula is C19H28O3. The predicted octanol–water partition coefficient (Wildman–Crippen LogP) is 3.74. The molecule has 7 rings (SSSR count). The third-order valence-corrected chi connectivity index (χ3v) is 8.78. The minimum Gasteiger partial charge on any atom is -0.365 e. The molecule has 3 saturated heterocycles. The lowest BCUT2D eigenvalue weighted by Gasteiger charge is -2.75. The van der Waals surface area contributed by atoms with Crippen molar-refractivity contribution in [1.29, 1.82) is 0 Å².